The standard InChI is InChI=1S/2C5H7N/c2*1-2-4-6-5-3-1/h2-6H,1H2;1-4,6H,5H2. The molecule has 0 radical (unpaired) electrons. The fraction of sp³-hybridized carbons (Fsp3) is 0.200. The molecule has 0 bridgehead atoms. The van der Waals surface area contributed by atoms with Gasteiger partial charge in [-0.2, -0.15) is 0 Å². The highest BCUT2D eigenvalue weighted by atomic mass is 14.8. The monoisotopic (exact) mass is 162 g/mol. The van der Waals surface area contributed by atoms with Gasteiger partial charge >= 0.3 is 0 Å². The predicted molar refractivity (Wildman–Crippen MR) is 52.3 cm³/mol. The number of hydrogen-bond acceptors (Lipinski definition) is 2. The van der Waals surface area contributed by atoms with Crippen molar-refractivity contribution in [3.8, 4) is 0 Å². The van der Waals surface area contributed by atoms with Gasteiger partial charge in [-0.15, -0.1) is 0 Å². The van der Waals surface area contributed by atoms with Crippen LogP contribution in [0.25, 0.3) is 0 Å². The highest BCUT2D eigenvalue weighted by Crippen LogP contribution is 1.86. The summed E-state index contributed by atoms with van der Waals surface area (Å²) in [5.74, 6) is 0. The average molecular weight is 162 g/mol. The van der Waals surface area contributed by atoms with Gasteiger partial charge in [-0.1, -0.05) is 24.3 Å². The number of hydrogen-bond donors (Lipinski definition) is 2. The molecule has 0 saturated heterocycles. The van der Waals surface area contributed by atoms with Crippen molar-refractivity contribution in [1.29, 1.82) is 0 Å². The fourth-order valence-corrected chi connectivity index (χ4v) is 0.813. The van der Waals surface area contributed by atoms with E-state index in [2.05, 4.69) is 28.9 Å². The van der Waals surface area contributed by atoms with Gasteiger partial charge in [-0.25, -0.2) is 0 Å². The van der Waals surface area contributed by atoms with E-state index in [1.54, 1.807) is 0 Å². The van der Waals surface area contributed by atoms with Gasteiger partial charge < -0.3 is 10.6 Å². The number of dihydropyridines is 2. The Hall–Kier alpha value is -1.44. The topological polar surface area (TPSA) is 24.1 Å². The van der Waals surface area contributed by atoms with Crippen LogP contribution in [0.1, 0.15) is 6.42 Å². The van der Waals surface area contributed by atoms with Crippen LogP contribution < -0.4 is 10.6 Å². The third-order valence-electron chi connectivity index (χ3n) is 1.40. The van der Waals surface area contributed by atoms with Gasteiger partial charge in [-0.05, 0) is 31.1 Å². The molecule has 0 amide bonds. The zero-order valence-corrected chi connectivity index (χ0v) is 7.03. The zero-order valence-electron chi connectivity index (χ0n) is 7.03. The molecule has 0 aromatic heterocycles. The smallest absolute Gasteiger partial charge is 0.0328 e. The van der Waals surface area contributed by atoms with Crippen LogP contribution in [0.3, 0.4) is 0 Å². The van der Waals surface area contributed by atoms with E-state index in [0.29, 0.717) is 0 Å². The normalized spacial score (nSPS) is 17.3. The molecule has 2 nitrogen and oxygen atoms in total. The highest BCUT2D eigenvalue weighted by molar-refractivity contribution is 5.06. The summed E-state index contributed by atoms with van der Waals surface area (Å²) in [5, 5.41) is 5.94. The van der Waals surface area contributed by atoms with Gasteiger partial charge in [0.05, 0.1) is 0 Å². The largest absolute Gasteiger partial charge is 0.387 e. The van der Waals surface area contributed by atoms with E-state index in [9.17, 15) is 0 Å². The fourth-order valence-electron chi connectivity index (χ4n) is 0.813. The van der Waals surface area contributed by atoms with Gasteiger partial charge in [0.1, 0.15) is 0 Å². The van der Waals surface area contributed by atoms with Crippen LogP contribution in [0.2, 0.25) is 0 Å². The van der Waals surface area contributed by atoms with Gasteiger partial charge in [0.2, 0.25) is 0 Å². The Morgan fingerprint density at radius 1 is 0.833 bits per heavy atom. The Morgan fingerprint density at radius 3 is 1.83 bits per heavy atom. The van der Waals surface area contributed by atoms with Crippen LogP contribution in [0, 0.1) is 0 Å². The third kappa shape index (κ3) is 4.39. The second-order valence-corrected chi connectivity index (χ2v) is 2.40. The van der Waals surface area contributed by atoms with Crippen molar-refractivity contribution in [2.45, 2.75) is 6.42 Å². The minimum atomic E-state index is 0.983. The van der Waals surface area contributed by atoms with Crippen LogP contribution in [0.15, 0.2) is 49.0 Å². The molecule has 2 N–H and O–H groups in total. The Labute approximate surface area is 73.4 Å². The number of allylic oxidation sites excluding steroid dienone is 4. The maximum Gasteiger partial charge on any atom is 0.0328 e. The maximum absolute atomic E-state index is 3.02. The Balaban J connectivity index is 0.000000120. The molecule has 0 aromatic carbocycles. The number of rotatable bonds is 0. The lowest BCUT2D eigenvalue weighted by molar-refractivity contribution is 0.972. The summed E-state index contributed by atoms with van der Waals surface area (Å²) in [5.41, 5.74) is 0. The SMILES string of the molecule is C1=CCNC=C1.C1=CNC=CC1. The molecule has 0 saturated carbocycles. The molecule has 2 rings (SSSR count). The van der Waals surface area contributed by atoms with Crippen LogP contribution in [-0.2, 0) is 0 Å². The van der Waals surface area contributed by atoms with Crippen molar-refractivity contribution in [2.24, 2.45) is 0 Å². The van der Waals surface area contributed by atoms with Crippen molar-refractivity contribution < 1.29 is 0 Å². The van der Waals surface area contributed by atoms with Crippen molar-refractivity contribution >= 4 is 0 Å². The van der Waals surface area contributed by atoms with Crippen molar-refractivity contribution in [3.05, 3.63) is 49.0 Å². The Kier molecular flexibility index (Phi) is 4.53. The molecule has 2 heteroatoms. The maximum atomic E-state index is 3.02. The van der Waals surface area contributed by atoms with E-state index in [1.807, 2.05) is 30.8 Å². The molecule has 0 unspecified atom stereocenters. The highest BCUT2D eigenvalue weighted by Gasteiger charge is 1.74. The molecule has 0 atom stereocenters. The summed E-state index contributed by atoms with van der Waals surface area (Å²) < 4.78 is 0. The summed E-state index contributed by atoms with van der Waals surface area (Å²) in [7, 11) is 0. The van der Waals surface area contributed by atoms with E-state index in [1.165, 1.54) is 0 Å². The molecule has 2 aliphatic rings. The van der Waals surface area contributed by atoms with Gasteiger partial charge in [0.25, 0.3) is 0 Å². The summed E-state index contributed by atoms with van der Waals surface area (Å²) in [6.07, 6.45) is 17.1. The minimum Gasteiger partial charge on any atom is -0.387 e. The lowest BCUT2D eigenvalue weighted by Crippen LogP contribution is -2.05. The lowest BCUT2D eigenvalue weighted by Gasteiger charge is -1.94. The van der Waals surface area contributed by atoms with Crippen molar-refractivity contribution in [3.63, 3.8) is 0 Å². The molecular weight excluding hydrogens is 148 g/mol. The first-order valence-corrected chi connectivity index (χ1v) is 4.11. The summed E-state index contributed by atoms with van der Waals surface area (Å²) in [6, 6.07) is 0. The van der Waals surface area contributed by atoms with E-state index in [4.69, 9.17) is 0 Å². The van der Waals surface area contributed by atoms with Gasteiger partial charge in [0.15, 0.2) is 0 Å². The van der Waals surface area contributed by atoms with Crippen LogP contribution in [0.5, 0.6) is 0 Å². The summed E-state index contributed by atoms with van der Waals surface area (Å²) >= 11 is 0. The summed E-state index contributed by atoms with van der Waals surface area (Å²) in [4.78, 5) is 0. The average Bonchev–Trinajstić information content (AvgIpc) is 2.24. The molecular formula is C10H14N2. The zero-order chi connectivity index (χ0) is 8.49. The predicted octanol–water partition coefficient (Wildman–Crippen LogP) is 1.67. The van der Waals surface area contributed by atoms with Gasteiger partial charge in [0, 0.05) is 6.54 Å². The first-order chi connectivity index (χ1) is 6.00. The molecule has 12 heavy (non-hydrogen) atoms. The van der Waals surface area contributed by atoms with Crippen LogP contribution in [0.4, 0.5) is 0 Å². The quantitative estimate of drug-likeness (QED) is 0.566. The van der Waals surface area contributed by atoms with Crippen molar-refractivity contribution in [1.82, 2.24) is 10.6 Å². The van der Waals surface area contributed by atoms with E-state index < -0.39 is 0 Å². The Bertz CT molecular complexity index is 180. The molecule has 0 aromatic rings. The lowest BCUT2D eigenvalue weighted by atomic mass is 10.4. The Morgan fingerprint density at radius 2 is 1.67 bits per heavy atom. The van der Waals surface area contributed by atoms with Crippen LogP contribution >= 0.6 is 0 Å². The minimum absolute atomic E-state index is 0.983. The van der Waals surface area contributed by atoms with Gasteiger partial charge in [-0.3, -0.25) is 0 Å². The molecule has 2 aliphatic heterocycles. The first kappa shape index (κ1) is 8.65. The molecule has 64 valence electrons. The van der Waals surface area contributed by atoms with E-state index >= 15 is 0 Å². The van der Waals surface area contributed by atoms with E-state index in [0.717, 1.165) is 13.0 Å². The van der Waals surface area contributed by atoms with Crippen molar-refractivity contribution in [2.75, 3.05) is 6.54 Å². The third-order valence-corrected chi connectivity index (χ3v) is 1.40. The van der Waals surface area contributed by atoms with Crippen LogP contribution in [-0.4, -0.2) is 6.54 Å². The number of nitrogens with one attached hydrogen (secondary N) is 2. The second-order valence-electron chi connectivity index (χ2n) is 2.40. The first-order valence-electron chi connectivity index (χ1n) is 4.11. The molecule has 0 spiro atoms. The molecule has 0 aliphatic carbocycles. The summed E-state index contributed by atoms with van der Waals surface area (Å²) in [6.45, 7) is 0.983. The second kappa shape index (κ2) is 6.28. The molecule has 0 fully saturated rings. The van der Waals surface area contributed by atoms with E-state index in [-0.39, 0.29) is 0 Å². The molecule has 2 heterocycles.